The highest BCUT2D eigenvalue weighted by Crippen LogP contribution is 2.15. The molecule has 102 valence electrons. The standard InChI is InChI=1S/C14H31N3/c1-5-15-11-14-7-10-17(12-14)9-6-8-16(4)13(2)3/h13-15H,5-12H2,1-4H3. The second kappa shape index (κ2) is 8.06. The molecule has 1 N–H and O–H groups in total. The number of likely N-dealkylation sites (tertiary alicyclic amines) is 1. The van der Waals surface area contributed by atoms with Crippen LogP contribution in [0.25, 0.3) is 0 Å². The minimum absolute atomic E-state index is 0.676. The van der Waals surface area contributed by atoms with Crippen LogP contribution in [-0.2, 0) is 0 Å². The Hall–Kier alpha value is -0.120. The normalized spacial score (nSPS) is 21.9. The molecule has 17 heavy (non-hydrogen) atoms. The fourth-order valence-electron chi connectivity index (χ4n) is 2.43. The van der Waals surface area contributed by atoms with Gasteiger partial charge in [-0.3, -0.25) is 0 Å². The molecule has 3 nitrogen and oxygen atoms in total. The van der Waals surface area contributed by atoms with Gasteiger partial charge in [-0.05, 0) is 72.4 Å². The topological polar surface area (TPSA) is 18.5 Å². The zero-order valence-corrected chi connectivity index (χ0v) is 12.2. The van der Waals surface area contributed by atoms with Gasteiger partial charge in [0.2, 0.25) is 0 Å². The number of nitrogens with one attached hydrogen (secondary N) is 1. The molecular weight excluding hydrogens is 210 g/mol. The summed E-state index contributed by atoms with van der Waals surface area (Å²) < 4.78 is 0. The first kappa shape index (κ1) is 14.9. The van der Waals surface area contributed by atoms with Gasteiger partial charge in [0.05, 0.1) is 0 Å². The van der Waals surface area contributed by atoms with Crippen LogP contribution in [-0.4, -0.2) is 62.2 Å². The Labute approximate surface area is 108 Å². The highest BCUT2D eigenvalue weighted by atomic mass is 15.2. The van der Waals surface area contributed by atoms with Crippen LogP contribution in [0.15, 0.2) is 0 Å². The van der Waals surface area contributed by atoms with Crippen molar-refractivity contribution >= 4 is 0 Å². The van der Waals surface area contributed by atoms with Crippen LogP contribution in [0, 0.1) is 5.92 Å². The third-order valence-corrected chi connectivity index (χ3v) is 3.92. The van der Waals surface area contributed by atoms with Crippen molar-refractivity contribution in [2.75, 3.05) is 46.3 Å². The maximum atomic E-state index is 3.47. The molecule has 1 unspecified atom stereocenters. The summed E-state index contributed by atoms with van der Waals surface area (Å²) >= 11 is 0. The molecule has 0 aromatic carbocycles. The van der Waals surface area contributed by atoms with Crippen LogP contribution >= 0.6 is 0 Å². The maximum Gasteiger partial charge on any atom is 0.00355 e. The van der Waals surface area contributed by atoms with E-state index in [2.05, 4.69) is 42.9 Å². The van der Waals surface area contributed by atoms with E-state index in [1.165, 1.54) is 45.6 Å². The lowest BCUT2D eigenvalue weighted by molar-refractivity contribution is 0.242. The highest BCUT2D eigenvalue weighted by Gasteiger charge is 2.21. The minimum atomic E-state index is 0.676. The number of nitrogens with zero attached hydrogens (tertiary/aromatic N) is 2. The molecule has 3 heteroatoms. The van der Waals surface area contributed by atoms with Crippen molar-refractivity contribution in [3.63, 3.8) is 0 Å². The maximum absolute atomic E-state index is 3.47. The second-order valence-corrected chi connectivity index (χ2v) is 5.69. The SMILES string of the molecule is CCNCC1CCN(CCCN(C)C(C)C)C1. The molecule has 1 fully saturated rings. The van der Waals surface area contributed by atoms with E-state index in [9.17, 15) is 0 Å². The van der Waals surface area contributed by atoms with Crippen LogP contribution in [0.2, 0.25) is 0 Å². The Morgan fingerprint density at radius 1 is 1.41 bits per heavy atom. The van der Waals surface area contributed by atoms with Gasteiger partial charge in [-0.2, -0.15) is 0 Å². The summed E-state index contributed by atoms with van der Waals surface area (Å²) in [4.78, 5) is 5.07. The van der Waals surface area contributed by atoms with Crippen molar-refractivity contribution in [1.29, 1.82) is 0 Å². The molecule has 0 radical (unpaired) electrons. The average molecular weight is 241 g/mol. The molecule has 1 saturated heterocycles. The second-order valence-electron chi connectivity index (χ2n) is 5.69. The Balaban J connectivity index is 2.05. The molecule has 1 aliphatic heterocycles. The van der Waals surface area contributed by atoms with Crippen molar-refractivity contribution < 1.29 is 0 Å². The van der Waals surface area contributed by atoms with Crippen molar-refractivity contribution in [1.82, 2.24) is 15.1 Å². The Bertz CT molecular complexity index is 194. The van der Waals surface area contributed by atoms with Crippen molar-refractivity contribution in [3.05, 3.63) is 0 Å². The quantitative estimate of drug-likeness (QED) is 0.697. The molecule has 0 aromatic heterocycles. The van der Waals surface area contributed by atoms with E-state index in [4.69, 9.17) is 0 Å². The summed E-state index contributed by atoms with van der Waals surface area (Å²) in [7, 11) is 2.22. The Kier molecular flexibility index (Phi) is 7.09. The average Bonchev–Trinajstić information content (AvgIpc) is 2.74. The van der Waals surface area contributed by atoms with Gasteiger partial charge in [0, 0.05) is 12.6 Å². The van der Waals surface area contributed by atoms with E-state index in [0.29, 0.717) is 6.04 Å². The van der Waals surface area contributed by atoms with Crippen LogP contribution < -0.4 is 5.32 Å². The molecular formula is C14H31N3. The Morgan fingerprint density at radius 2 is 2.18 bits per heavy atom. The van der Waals surface area contributed by atoms with Crippen LogP contribution in [0.1, 0.15) is 33.6 Å². The minimum Gasteiger partial charge on any atom is -0.317 e. The smallest absolute Gasteiger partial charge is 0.00355 e. The van der Waals surface area contributed by atoms with Gasteiger partial charge in [0.15, 0.2) is 0 Å². The largest absolute Gasteiger partial charge is 0.317 e. The van der Waals surface area contributed by atoms with Gasteiger partial charge in [-0.1, -0.05) is 6.92 Å². The van der Waals surface area contributed by atoms with E-state index < -0.39 is 0 Å². The van der Waals surface area contributed by atoms with Gasteiger partial charge in [0.25, 0.3) is 0 Å². The summed E-state index contributed by atoms with van der Waals surface area (Å²) in [5.74, 6) is 0.887. The molecule has 0 saturated carbocycles. The molecule has 1 atom stereocenters. The van der Waals surface area contributed by atoms with E-state index in [1.54, 1.807) is 0 Å². The van der Waals surface area contributed by atoms with E-state index in [-0.39, 0.29) is 0 Å². The van der Waals surface area contributed by atoms with E-state index >= 15 is 0 Å². The number of hydrogen-bond acceptors (Lipinski definition) is 3. The first-order chi connectivity index (χ1) is 8.13. The van der Waals surface area contributed by atoms with Crippen LogP contribution in [0.5, 0.6) is 0 Å². The first-order valence-corrected chi connectivity index (χ1v) is 7.26. The van der Waals surface area contributed by atoms with Crippen LogP contribution in [0.4, 0.5) is 0 Å². The van der Waals surface area contributed by atoms with E-state index in [0.717, 1.165) is 12.5 Å². The van der Waals surface area contributed by atoms with Gasteiger partial charge in [-0.25, -0.2) is 0 Å². The molecule has 1 aliphatic rings. The number of rotatable bonds is 8. The molecule has 0 bridgehead atoms. The summed E-state index contributed by atoms with van der Waals surface area (Å²) in [6.45, 7) is 14.2. The number of hydrogen-bond donors (Lipinski definition) is 1. The molecule has 1 rings (SSSR count). The third kappa shape index (κ3) is 5.84. The summed E-state index contributed by atoms with van der Waals surface area (Å²) in [5.41, 5.74) is 0. The summed E-state index contributed by atoms with van der Waals surface area (Å²) in [5, 5.41) is 3.47. The third-order valence-electron chi connectivity index (χ3n) is 3.92. The highest BCUT2D eigenvalue weighted by molar-refractivity contribution is 4.77. The lowest BCUT2D eigenvalue weighted by atomic mass is 10.1. The molecule has 1 heterocycles. The predicted octanol–water partition coefficient (Wildman–Crippen LogP) is 1.65. The van der Waals surface area contributed by atoms with Gasteiger partial charge >= 0.3 is 0 Å². The van der Waals surface area contributed by atoms with Gasteiger partial charge in [-0.15, -0.1) is 0 Å². The molecule has 0 spiro atoms. The summed E-state index contributed by atoms with van der Waals surface area (Å²) in [6.07, 6.45) is 2.69. The lowest BCUT2D eigenvalue weighted by Crippen LogP contribution is -2.31. The van der Waals surface area contributed by atoms with Crippen molar-refractivity contribution in [2.45, 2.75) is 39.7 Å². The Morgan fingerprint density at radius 3 is 2.82 bits per heavy atom. The van der Waals surface area contributed by atoms with Crippen molar-refractivity contribution in [2.24, 2.45) is 5.92 Å². The molecule has 0 amide bonds. The predicted molar refractivity (Wildman–Crippen MR) is 75.5 cm³/mol. The monoisotopic (exact) mass is 241 g/mol. The fraction of sp³-hybridized carbons (Fsp3) is 1.00. The van der Waals surface area contributed by atoms with Gasteiger partial charge < -0.3 is 15.1 Å². The fourth-order valence-corrected chi connectivity index (χ4v) is 2.43. The summed E-state index contributed by atoms with van der Waals surface area (Å²) in [6, 6.07) is 0.676. The zero-order chi connectivity index (χ0) is 12.7. The van der Waals surface area contributed by atoms with Crippen LogP contribution in [0.3, 0.4) is 0 Å². The van der Waals surface area contributed by atoms with E-state index in [1.807, 2.05) is 0 Å². The first-order valence-electron chi connectivity index (χ1n) is 7.26. The lowest BCUT2D eigenvalue weighted by Gasteiger charge is -2.23. The van der Waals surface area contributed by atoms with Crippen molar-refractivity contribution in [3.8, 4) is 0 Å². The molecule has 0 aliphatic carbocycles. The van der Waals surface area contributed by atoms with Gasteiger partial charge in [0.1, 0.15) is 0 Å². The molecule has 0 aromatic rings. The zero-order valence-electron chi connectivity index (χ0n) is 12.2.